The molecule has 70 valence electrons. The molecule has 0 nitrogen and oxygen atoms in total. The Kier molecular flexibility index (Phi) is 3.30. The zero-order chi connectivity index (χ0) is 9.35. The quantitative estimate of drug-likeness (QED) is 0.670. The summed E-state index contributed by atoms with van der Waals surface area (Å²) >= 11 is -1.70. The molecule has 0 saturated carbocycles. The standard InChI is InChI=1S/C8H13.3CH3.Sn/c1-3-8-6-4-5-7(8)2;;;;/h4,7-8H,3,5H2,1-2H3;3*1H3;/t7-,8-;;;;/m0..../s1. The molecule has 0 aliphatic heterocycles. The molecule has 12 heavy (non-hydrogen) atoms. The number of hydrogen-bond donors (Lipinski definition) is 0. The monoisotopic (exact) mass is 274 g/mol. The van der Waals surface area contributed by atoms with Gasteiger partial charge in [0.05, 0.1) is 0 Å². The van der Waals surface area contributed by atoms with Crippen LogP contribution in [0.3, 0.4) is 0 Å². The SMILES string of the molecule is CC[C@H]1[C]([Sn]([CH3])([CH3])[CH3])=CC[C@@H]1C. The molecule has 0 aromatic heterocycles. The summed E-state index contributed by atoms with van der Waals surface area (Å²) in [6.45, 7) is 4.76. The summed E-state index contributed by atoms with van der Waals surface area (Å²) in [6, 6.07) is 0. The van der Waals surface area contributed by atoms with Gasteiger partial charge < -0.3 is 0 Å². The molecule has 1 rings (SSSR count). The van der Waals surface area contributed by atoms with Crippen LogP contribution in [0, 0.1) is 11.8 Å². The fraction of sp³-hybridized carbons (Fsp3) is 0.818. The van der Waals surface area contributed by atoms with Crippen LogP contribution in [0.2, 0.25) is 14.8 Å². The Balaban J connectivity index is 2.78. The molecule has 0 amide bonds. The van der Waals surface area contributed by atoms with Crippen molar-refractivity contribution in [3.63, 3.8) is 0 Å². The molecule has 0 heterocycles. The molecule has 0 bridgehead atoms. The maximum absolute atomic E-state index is 2.56. The second kappa shape index (κ2) is 3.73. The Morgan fingerprint density at radius 1 is 1.42 bits per heavy atom. The fourth-order valence-electron chi connectivity index (χ4n) is 2.42. The number of hydrogen-bond acceptors (Lipinski definition) is 0. The van der Waals surface area contributed by atoms with Crippen LogP contribution >= 0.6 is 0 Å². The van der Waals surface area contributed by atoms with Crippen LogP contribution in [-0.4, -0.2) is 18.4 Å². The van der Waals surface area contributed by atoms with Gasteiger partial charge in [-0.1, -0.05) is 0 Å². The summed E-state index contributed by atoms with van der Waals surface area (Å²) in [4.78, 5) is 7.63. The molecule has 0 saturated heterocycles. The second-order valence-corrected chi connectivity index (χ2v) is 19.6. The van der Waals surface area contributed by atoms with E-state index in [1.165, 1.54) is 12.8 Å². The van der Waals surface area contributed by atoms with Crippen LogP contribution < -0.4 is 0 Å². The van der Waals surface area contributed by atoms with E-state index in [1.54, 1.807) is 0 Å². The zero-order valence-electron chi connectivity index (χ0n) is 9.15. The van der Waals surface area contributed by atoms with Gasteiger partial charge in [0.1, 0.15) is 0 Å². The third kappa shape index (κ3) is 2.07. The minimum absolute atomic E-state index is 0.931. The molecule has 2 atom stereocenters. The average Bonchev–Trinajstić information content (AvgIpc) is 2.29. The summed E-state index contributed by atoms with van der Waals surface area (Å²) in [5.74, 6) is 1.88. The van der Waals surface area contributed by atoms with Crippen LogP contribution in [0.15, 0.2) is 9.67 Å². The van der Waals surface area contributed by atoms with Crippen molar-refractivity contribution in [2.45, 2.75) is 41.5 Å². The van der Waals surface area contributed by atoms with Crippen molar-refractivity contribution in [2.75, 3.05) is 0 Å². The van der Waals surface area contributed by atoms with Crippen molar-refractivity contribution in [2.24, 2.45) is 11.8 Å². The first-order chi connectivity index (χ1) is 5.46. The summed E-state index contributed by atoms with van der Waals surface area (Å²) < 4.78 is 1.90. The van der Waals surface area contributed by atoms with Gasteiger partial charge in [0.2, 0.25) is 0 Å². The van der Waals surface area contributed by atoms with E-state index in [1.807, 2.05) is 3.59 Å². The Hall–Kier alpha value is 0.539. The minimum atomic E-state index is -1.70. The molecule has 0 unspecified atom stereocenters. The second-order valence-electron chi connectivity index (χ2n) is 5.14. The van der Waals surface area contributed by atoms with Gasteiger partial charge in [0.15, 0.2) is 0 Å². The molecular formula is C11H22Sn. The van der Waals surface area contributed by atoms with E-state index in [-0.39, 0.29) is 0 Å². The van der Waals surface area contributed by atoms with Crippen molar-refractivity contribution in [3.8, 4) is 0 Å². The van der Waals surface area contributed by atoms with E-state index < -0.39 is 18.4 Å². The molecule has 0 radical (unpaired) electrons. The molecule has 0 aromatic carbocycles. The third-order valence-corrected chi connectivity index (χ3v) is 9.69. The molecule has 0 spiro atoms. The van der Waals surface area contributed by atoms with Gasteiger partial charge in [-0.25, -0.2) is 0 Å². The molecule has 0 aromatic rings. The van der Waals surface area contributed by atoms with Crippen LogP contribution in [-0.2, 0) is 0 Å². The van der Waals surface area contributed by atoms with Crippen LogP contribution in [0.1, 0.15) is 26.7 Å². The predicted molar refractivity (Wildman–Crippen MR) is 59.0 cm³/mol. The average molecular weight is 273 g/mol. The summed E-state index contributed by atoms with van der Waals surface area (Å²) in [6.07, 6.45) is 5.28. The maximum atomic E-state index is 2.56. The van der Waals surface area contributed by atoms with Gasteiger partial charge in [-0.15, -0.1) is 0 Å². The van der Waals surface area contributed by atoms with E-state index in [0.717, 1.165) is 11.8 Å². The van der Waals surface area contributed by atoms with E-state index >= 15 is 0 Å². The zero-order valence-corrected chi connectivity index (χ0v) is 12.0. The van der Waals surface area contributed by atoms with Gasteiger partial charge in [0.25, 0.3) is 0 Å². The molecule has 0 fully saturated rings. The van der Waals surface area contributed by atoms with E-state index in [0.29, 0.717) is 0 Å². The van der Waals surface area contributed by atoms with E-state index in [2.05, 4.69) is 34.7 Å². The summed E-state index contributed by atoms with van der Waals surface area (Å²) in [5, 5.41) is 0. The first kappa shape index (κ1) is 10.6. The summed E-state index contributed by atoms with van der Waals surface area (Å²) in [7, 11) is 0. The van der Waals surface area contributed by atoms with Gasteiger partial charge in [-0.2, -0.15) is 0 Å². The van der Waals surface area contributed by atoms with Crippen LogP contribution in [0.5, 0.6) is 0 Å². The van der Waals surface area contributed by atoms with E-state index in [9.17, 15) is 0 Å². The van der Waals surface area contributed by atoms with Crippen LogP contribution in [0.4, 0.5) is 0 Å². The van der Waals surface area contributed by atoms with Crippen molar-refractivity contribution >= 4 is 18.4 Å². The first-order valence-corrected chi connectivity index (χ1v) is 15.2. The Morgan fingerprint density at radius 2 is 2.00 bits per heavy atom. The Bertz CT molecular complexity index is 186. The number of allylic oxidation sites excluding steroid dienone is 2. The van der Waals surface area contributed by atoms with E-state index in [4.69, 9.17) is 0 Å². The topological polar surface area (TPSA) is 0 Å². The van der Waals surface area contributed by atoms with Gasteiger partial charge >= 0.3 is 81.4 Å². The molecule has 1 aliphatic rings. The third-order valence-electron chi connectivity index (χ3n) is 3.10. The normalized spacial score (nSPS) is 30.6. The molecular weight excluding hydrogens is 251 g/mol. The van der Waals surface area contributed by atoms with Gasteiger partial charge in [0, 0.05) is 0 Å². The van der Waals surface area contributed by atoms with Crippen LogP contribution in [0.25, 0.3) is 0 Å². The molecule has 1 aliphatic carbocycles. The van der Waals surface area contributed by atoms with Gasteiger partial charge in [-0.3, -0.25) is 0 Å². The van der Waals surface area contributed by atoms with Crippen molar-refractivity contribution < 1.29 is 0 Å². The Morgan fingerprint density at radius 3 is 2.33 bits per heavy atom. The fourth-order valence-corrected chi connectivity index (χ4v) is 9.07. The Labute approximate surface area is 81.3 Å². The van der Waals surface area contributed by atoms with Crippen molar-refractivity contribution in [3.05, 3.63) is 9.67 Å². The predicted octanol–water partition coefficient (Wildman–Crippen LogP) is 3.86. The number of rotatable bonds is 2. The van der Waals surface area contributed by atoms with Crippen molar-refractivity contribution in [1.29, 1.82) is 0 Å². The summed E-state index contributed by atoms with van der Waals surface area (Å²) in [5.41, 5.74) is 0. The van der Waals surface area contributed by atoms with Crippen molar-refractivity contribution in [1.82, 2.24) is 0 Å². The molecule has 1 heteroatoms. The first-order valence-electron chi connectivity index (χ1n) is 5.17. The molecule has 0 N–H and O–H groups in total. The van der Waals surface area contributed by atoms with Gasteiger partial charge in [-0.05, 0) is 0 Å².